The molecule has 0 radical (unpaired) electrons. The number of anilines is 3. The molecule has 7 heterocycles. The van der Waals surface area contributed by atoms with Crippen LogP contribution in [0.25, 0.3) is 33.4 Å². The van der Waals surface area contributed by atoms with Crippen molar-refractivity contribution in [1.29, 1.82) is 0 Å². The van der Waals surface area contributed by atoms with Gasteiger partial charge < -0.3 is 19.6 Å². The Bertz CT molecular complexity index is 2620. The van der Waals surface area contributed by atoms with Crippen molar-refractivity contribution in [3.05, 3.63) is 95.9 Å². The predicted octanol–water partition coefficient (Wildman–Crippen LogP) is 6.65. The number of imide groups is 1. The molecule has 2 aromatic carbocycles. The zero-order valence-corrected chi connectivity index (χ0v) is 36.5. The van der Waals surface area contributed by atoms with Crippen LogP contribution >= 0.6 is 0 Å². The molecule has 4 amide bonds. The summed E-state index contributed by atoms with van der Waals surface area (Å²) in [6, 6.07) is 20.0. The van der Waals surface area contributed by atoms with Crippen molar-refractivity contribution >= 4 is 46.1 Å². The number of pyridine rings is 2. The standard InChI is InChI=1S/C47H54N12O4/c1-29-24-32(6-12-37(29)30(2)50-44(61)43-52-45(63-55-43)47(3,4)5)41-38-25-34(27-49-42(38)54-53-41)33-7-13-39(48-26-33)58-22-20-56(21-23-58)28-31-14-17-57(18-15-31)35-8-10-36(11-9-35)59-19-16-40(60)51-46(59)62/h6-13,24-27,30-31H,14-23,28H2,1-5H3,(H,50,61)(H,49,53,54)(H,51,60,62)/t30-/m1/s1. The first-order valence-electron chi connectivity index (χ1n) is 21.9. The summed E-state index contributed by atoms with van der Waals surface area (Å²) in [5.41, 5.74) is 8.06. The summed E-state index contributed by atoms with van der Waals surface area (Å²) in [4.78, 5) is 59.6. The van der Waals surface area contributed by atoms with Crippen LogP contribution in [-0.4, -0.2) is 105 Å². The number of fused-ring (bicyclic) bond motifs is 1. The monoisotopic (exact) mass is 850 g/mol. The number of nitrogens with one attached hydrogen (secondary N) is 3. The fourth-order valence-corrected chi connectivity index (χ4v) is 8.85. The second-order valence-electron chi connectivity index (χ2n) is 18.0. The number of aromatic nitrogens is 6. The van der Waals surface area contributed by atoms with Gasteiger partial charge in [-0.2, -0.15) is 10.1 Å². The van der Waals surface area contributed by atoms with E-state index >= 15 is 0 Å². The van der Waals surface area contributed by atoms with Gasteiger partial charge in [0, 0.05) is 110 Å². The number of hydrogen-bond acceptors (Lipinski definition) is 12. The van der Waals surface area contributed by atoms with Gasteiger partial charge in [-0.15, -0.1) is 0 Å². The number of piperazine rings is 1. The van der Waals surface area contributed by atoms with Gasteiger partial charge in [0.15, 0.2) is 5.65 Å². The van der Waals surface area contributed by atoms with Gasteiger partial charge in [0.1, 0.15) is 5.82 Å². The van der Waals surface area contributed by atoms with Gasteiger partial charge in [0.2, 0.25) is 11.8 Å². The van der Waals surface area contributed by atoms with E-state index in [1.54, 1.807) is 4.90 Å². The number of H-pyrrole nitrogens is 1. The molecule has 6 aromatic rings. The number of carbonyl (C=O) groups is 3. The Morgan fingerprint density at radius 3 is 2.27 bits per heavy atom. The smallest absolute Gasteiger partial charge is 0.328 e. The van der Waals surface area contributed by atoms with Gasteiger partial charge in [-0.05, 0) is 92.3 Å². The number of aryl methyl sites for hydroxylation is 1. The van der Waals surface area contributed by atoms with Crippen molar-refractivity contribution in [2.75, 3.05) is 67.1 Å². The topological polar surface area (TPSA) is 182 Å². The largest absolute Gasteiger partial charge is 0.372 e. The molecule has 4 aromatic heterocycles. The normalized spacial score (nSPS) is 17.3. The van der Waals surface area contributed by atoms with E-state index in [0.717, 1.165) is 109 Å². The summed E-state index contributed by atoms with van der Waals surface area (Å²) >= 11 is 0. The van der Waals surface area contributed by atoms with Crippen molar-refractivity contribution in [2.45, 2.75) is 65.3 Å². The van der Waals surface area contributed by atoms with Crippen LogP contribution in [0.15, 0.2) is 77.6 Å². The minimum absolute atomic E-state index is 0.0201. The van der Waals surface area contributed by atoms with E-state index in [1.165, 1.54) is 5.69 Å². The molecule has 9 rings (SSSR count). The van der Waals surface area contributed by atoms with Crippen LogP contribution in [-0.2, 0) is 10.2 Å². The molecule has 326 valence electrons. The molecule has 63 heavy (non-hydrogen) atoms. The Hall–Kier alpha value is -6.68. The SMILES string of the molecule is Cc1cc(-c2[nH]nc3ncc(-c4ccc(N5CCN(CC6CCN(c7ccc(N8CCC(=O)NC8=O)cc7)CC6)CC5)nc4)cc23)ccc1[C@@H](C)NC(=O)c1noc(C(C)(C)C)n1. The minimum atomic E-state index is -0.386. The molecule has 1 atom stereocenters. The van der Waals surface area contributed by atoms with E-state index in [4.69, 9.17) is 9.51 Å². The molecule has 0 unspecified atom stereocenters. The van der Waals surface area contributed by atoms with Gasteiger partial charge >= 0.3 is 6.03 Å². The molecule has 3 aliphatic heterocycles. The first-order valence-corrected chi connectivity index (χ1v) is 21.9. The van der Waals surface area contributed by atoms with E-state index < -0.39 is 0 Å². The van der Waals surface area contributed by atoms with Crippen molar-refractivity contribution in [3.8, 4) is 22.4 Å². The van der Waals surface area contributed by atoms with Crippen molar-refractivity contribution in [3.63, 3.8) is 0 Å². The maximum absolute atomic E-state index is 12.9. The number of aromatic amines is 1. The third kappa shape index (κ3) is 8.98. The van der Waals surface area contributed by atoms with Crippen LogP contribution in [0, 0.1) is 12.8 Å². The molecular weight excluding hydrogens is 797 g/mol. The Labute approximate surface area is 366 Å². The van der Waals surface area contributed by atoms with E-state index in [1.807, 2.05) is 71.3 Å². The summed E-state index contributed by atoms with van der Waals surface area (Å²) in [6.07, 6.45) is 6.40. The third-order valence-corrected chi connectivity index (χ3v) is 12.5. The summed E-state index contributed by atoms with van der Waals surface area (Å²) in [7, 11) is 0. The maximum Gasteiger partial charge on any atom is 0.328 e. The molecule has 0 saturated carbocycles. The number of benzene rings is 2. The van der Waals surface area contributed by atoms with Gasteiger partial charge in [-0.25, -0.2) is 14.8 Å². The van der Waals surface area contributed by atoms with Crippen LogP contribution in [0.2, 0.25) is 0 Å². The average Bonchev–Trinajstić information content (AvgIpc) is 3.96. The molecule has 3 N–H and O–H groups in total. The van der Waals surface area contributed by atoms with E-state index in [0.29, 0.717) is 30.4 Å². The number of urea groups is 1. The highest BCUT2D eigenvalue weighted by Gasteiger charge is 2.28. The second-order valence-corrected chi connectivity index (χ2v) is 18.0. The predicted molar refractivity (Wildman–Crippen MR) is 242 cm³/mol. The molecular formula is C47H54N12O4. The van der Waals surface area contributed by atoms with Gasteiger partial charge in [0.05, 0.1) is 11.7 Å². The number of amides is 4. The highest BCUT2D eigenvalue weighted by atomic mass is 16.5. The molecule has 16 nitrogen and oxygen atoms in total. The van der Waals surface area contributed by atoms with Crippen molar-refractivity contribution in [2.24, 2.45) is 5.92 Å². The summed E-state index contributed by atoms with van der Waals surface area (Å²) in [5.74, 6) is 1.48. The summed E-state index contributed by atoms with van der Waals surface area (Å²) in [6.45, 7) is 17.3. The Balaban J connectivity index is 0.767. The van der Waals surface area contributed by atoms with Crippen LogP contribution < -0.4 is 25.3 Å². The lowest BCUT2D eigenvalue weighted by atomic mass is 9.95. The lowest BCUT2D eigenvalue weighted by Gasteiger charge is -2.39. The average molecular weight is 851 g/mol. The third-order valence-electron chi connectivity index (χ3n) is 12.5. The molecule has 3 fully saturated rings. The molecule has 0 spiro atoms. The first kappa shape index (κ1) is 41.7. The van der Waals surface area contributed by atoms with Gasteiger partial charge in [-0.1, -0.05) is 38.1 Å². The molecule has 0 bridgehead atoms. The van der Waals surface area contributed by atoms with Crippen LogP contribution in [0.4, 0.5) is 22.0 Å². The van der Waals surface area contributed by atoms with Crippen LogP contribution in [0.3, 0.4) is 0 Å². The quantitative estimate of drug-likeness (QED) is 0.134. The second kappa shape index (κ2) is 17.2. The molecule has 3 saturated heterocycles. The lowest BCUT2D eigenvalue weighted by molar-refractivity contribution is -0.120. The number of rotatable bonds is 10. The fraction of sp³-hybridized carbons (Fsp3) is 0.404. The van der Waals surface area contributed by atoms with E-state index in [9.17, 15) is 14.4 Å². The lowest BCUT2D eigenvalue weighted by Crippen LogP contribution is -2.49. The van der Waals surface area contributed by atoms with Crippen molar-refractivity contribution < 1.29 is 18.9 Å². The van der Waals surface area contributed by atoms with Gasteiger partial charge in [-0.3, -0.25) is 29.8 Å². The Kier molecular flexibility index (Phi) is 11.4. The maximum atomic E-state index is 12.9. The van der Waals surface area contributed by atoms with Gasteiger partial charge in [0.25, 0.3) is 11.7 Å². The molecule has 3 aliphatic rings. The number of piperidine rings is 1. The van der Waals surface area contributed by atoms with E-state index in [-0.39, 0.29) is 35.1 Å². The zero-order valence-electron chi connectivity index (χ0n) is 36.5. The summed E-state index contributed by atoms with van der Waals surface area (Å²) in [5, 5.41) is 17.9. The fourth-order valence-electron chi connectivity index (χ4n) is 8.85. The van der Waals surface area contributed by atoms with Crippen molar-refractivity contribution in [1.82, 2.24) is 45.8 Å². The zero-order chi connectivity index (χ0) is 43.8. The van der Waals surface area contributed by atoms with E-state index in [2.05, 4.69) is 87.1 Å². The highest BCUT2D eigenvalue weighted by molar-refractivity contribution is 6.05. The number of carbonyl (C=O) groups excluding carboxylic acids is 3. The first-order chi connectivity index (χ1) is 30.4. The van der Waals surface area contributed by atoms with Crippen LogP contribution in [0.5, 0.6) is 0 Å². The summed E-state index contributed by atoms with van der Waals surface area (Å²) < 4.78 is 5.31. The number of hydrogen-bond donors (Lipinski definition) is 3. The Morgan fingerprint density at radius 1 is 0.857 bits per heavy atom. The molecule has 0 aliphatic carbocycles. The van der Waals surface area contributed by atoms with Crippen LogP contribution in [0.1, 0.15) is 80.6 Å². The molecule has 16 heteroatoms. The Morgan fingerprint density at radius 2 is 1.59 bits per heavy atom. The highest BCUT2D eigenvalue weighted by Crippen LogP contribution is 2.33. The number of nitrogens with zero attached hydrogens (tertiary/aromatic N) is 9. The minimum Gasteiger partial charge on any atom is -0.372 e.